The van der Waals surface area contributed by atoms with E-state index in [1.54, 1.807) is 23.9 Å². The quantitative estimate of drug-likeness (QED) is 0.839. The predicted octanol–water partition coefficient (Wildman–Crippen LogP) is 4.03. The van der Waals surface area contributed by atoms with Gasteiger partial charge in [0.25, 0.3) is 5.24 Å². The van der Waals surface area contributed by atoms with Crippen molar-refractivity contribution in [3.63, 3.8) is 0 Å². The van der Waals surface area contributed by atoms with Crippen LogP contribution in [-0.4, -0.2) is 26.2 Å². The summed E-state index contributed by atoms with van der Waals surface area (Å²) in [5, 5.41) is 6.48. The van der Waals surface area contributed by atoms with Crippen LogP contribution in [0.5, 0.6) is 11.6 Å². The Hall–Kier alpha value is -1.70. The van der Waals surface area contributed by atoms with Crippen LogP contribution in [-0.2, 0) is 18.3 Å². The standard InChI is InChI=1S/C16H15Cl2N3O3S/c1-7-8(2)20-21(3)15(7)24-12-4-9(10(17)6-11(12)18)5-13-14(22)19-16(23)25-13/h4,6,13H,5H2,1-3H3,(H,19,22,23). The molecule has 0 aliphatic carbocycles. The molecule has 1 fully saturated rings. The Bertz CT molecular complexity index is 882. The van der Waals surface area contributed by atoms with Crippen molar-refractivity contribution in [3.8, 4) is 11.6 Å². The number of hydrogen-bond acceptors (Lipinski definition) is 5. The molecule has 1 unspecified atom stereocenters. The van der Waals surface area contributed by atoms with Gasteiger partial charge in [-0.05, 0) is 38.0 Å². The molecule has 132 valence electrons. The Labute approximate surface area is 158 Å². The van der Waals surface area contributed by atoms with Crippen LogP contribution in [0.4, 0.5) is 4.79 Å². The molecule has 1 saturated heterocycles. The van der Waals surface area contributed by atoms with Crippen LogP contribution in [0, 0.1) is 13.8 Å². The Balaban J connectivity index is 1.90. The zero-order valence-electron chi connectivity index (χ0n) is 13.7. The van der Waals surface area contributed by atoms with Gasteiger partial charge in [-0.3, -0.25) is 14.9 Å². The lowest BCUT2D eigenvalue weighted by Gasteiger charge is -2.13. The first-order chi connectivity index (χ1) is 11.8. The summed E-state index contributed by atoms with van der Waals surface area (Å²) >= 11 is 13.5. The Kier molecular flexibility index (Phi) is 4.99. The third kappa shape index (κ3) is 3.63. The summed E-state index contributed by atoms with van der Waals surface area (Å²) in [5.41, 5.74) is 2.45. The van der Waals surface area contributed by atoms with E-state index < -0.39 is 5.25 Å². The van der Waals surface area contributed by atoms with Crippen LogP contribution in [0.25, 0.3) is 0 Å². The van der Waals surface area contributed by atoms with Crippen LogP contribution in [0.3, 0.4) is 0 Å². The highest BCUT2D eigenvalue weighted by molar-refractivity contribution is 8.15. The number of benzene rings is 1. The molecule has 2 aromatic rings. The first-order valence-electron chi connectivity index (χ1n) is 7.43. The SMILES string of the molecule is Cc1nn(C)c(Oc2cc(CC3SC(=O)NC3=O)c(Cl)cc2Cl)c1C. The smallest absolute Gasteiger partial charge is 0.286 e. The number of amides is 2. The van der Waals surface area contributed by atoms with Crippen LogP contribution >= 0.6 is 35.0 Å². The molecule has 0 bridgehead atoms. The largest absolute Gasteiger partial charge is 0.437 e. The van der Waals surface area contributed by atoms with Gasteiger partial charge >= 0.3 is 0 Å². The zero-order chi connectivity index (χ0) is 18.3. The lowest BCUT2D eigenvalue weighted by Crippen LogP contribution is -2.25. The second-order valence-electron chi connectivity index (χ2n) is 5.70. The molecular weight excluding hydrogens is 385 g/mol. The maximum absolute atomic E-state index is 11.8. The van der Waals surface area contributed by atoms with Gasteiger partial charge in [0.1, 0.15) is 5.75 Å². The number of carbonyl (C=O) groups is 2. The number of hydrogen-bond donors (Lipinski definition) is 1. The fourth-order valence-corrected chi connectivity index (χ4v) is 3.87. The summed E-state index contributed by atoms with van der Waals surface area (Å²) in [7, 11) is 1.78. The van der Waals surface area contributed by atoms with Crippen LogP contribution in [0.2, 0.25) is 10.0 Å². The molecule has 1 aliphatic heterocycles. The molecule has 1 aliphatic rings. The molecular formula is C16H15Cl2N3O3S. The van der Waals surface area contributed by atoms with E-state index >= 15 is 0 Å². The molecule has 1 aromatic carbocycles. The molecule has 2 heterocycles. The Morgan fingerprint density at radius 1 is 1.28 bits per heavy atom. The van der Waals surface area contributed by atoms with Crippen molar-refractivity contribution >= 4 is 46.1 Å². The van der Waals surface area contributed by atoms with Crippen LogP contribution in [0.15, 0.2) is 12.1 Å². The number of carbonyl (C=O) groups excluding carboxylic acids is 2. The third-order valence-electron chi connectivity index (χ3n) is 3.94. The van der Waals surface area contributed by atoms with Gasteiger partial charge in [0.2, 0.25) is 11.8 Å². The molecule has 1 atom stereocenters. The third-order valence-corrected chi connectivity index (χ3v) is 5.57. The van der Waals surface area contributed by atoms with Crippen molar-refractivity contribution in [2.45, 2.75) is 25.5 Å². The van der Waals surface area contributed by atoms with Crippen molar-refractivity contribution in [2.75, 3.05) is 0 Å². The molecule has 2 amide bonds. The number of thioether (sulfide) groups is 1. The van der Waals surface area contributed by atoms with Gasteiger partial charge in [0.05, 0.1) is 16.0 Å². The van der Waals surface area contributed by atoms with Crippen LogP contribution < -0.4 is 10.1 Å². The highest BCUT2D eigenvalue weighted by Crippen LogP contribution is 2.37. The number of rotatable bonds is 4. The topological polar surface area (TPSA) is 73.2 Å². The van der Waals surface area contributed by atoms with E-state index in [2.05, 4.69) is 10.4 Å². The lowest BCUT2D eigenvalue weighted by molar-refractivity contribution is -0.118. The van der Waals surface area contributed by atoms with Crippen molar-refractivity contribution < 1.29 is 14.3 Å². The molecule has 0 saturated carbocycles. The normalized spacial score (nSPS) is 17.1. The lowest BCUT2D eigenvalue weighted by atomic mass is 10.1. The summed E-state index contributed by atoms with van der Waals surface area (Å²) in [4.78, 5) is 23.1. The van der Waals surface area contributed by atoms with Gasteiger partial charge in [-0.2, -0.15) is 5.10 Å². The fraction of sp³-hybridized carbons (Fsp3) is 0.312. The minimum Gasteiger partial charge on any atom is -0.437 e. The minimum atomic E-state index is -0.514. The molecule has 6 nitrogen and oxygen atoms in total. The number of nitrogens with one attached hydrogen (secondary N) is 1. The average molecular weight is 400 g/mol. The first-order valence-corrected chi connectivity index (χ1v) is 9.07. The van der Waals surface area contributed by atoms with E-state index in [-0.39, 0.29) is 11.1 Å². The van der Waals surface area contributed by atoms with Crippen LogP contribution in [0.1, 0.15) is 16.8 Å². The Morgan fingerprint density at radius 2 is 2.00 bits per heavy atom. The van der Waals surface area contributed by atoms with Gasteiger partial charge in [-0.1, -0.05) is 35.0 Å². The minimum absolute atomic E-state index is 0.304. The van der Waals surface area contributed by atoms with Crippen molar-refractivity contribution in [1.82, 2.24) is 15.1 Å². The molecule has 1 N–H and O–H groups in total. The van der Waals surface area contributed by atoms with E-state index in [1.807, 2.05) is 13.8 Å². The number of nitrogens with zero attached hydrogens (tertiary/aromatic N) is 2. The number of aromatic nitrogens is 2. The molecule has 3 rings (SSSR count). The maximum Gasteiger partial charge on any atom is 0.286 e. The predicted molar refractivity (Wildman–Crippen MR) is 97.8 cm³/mol. The van der Waals surface area contributed by atoms with Crippen molar-refractivity contribution in [3.05, 3.63) is 39.0 Å². The molecule has 9 heteroatoms. The second-order valence-corrected chi connectivity index (χ2v) is 7.69. The van der Waals surface area contributed by atoms with E-state index in [9.17, 15) is 9.59 Å². The monoisotopic (exact) mass is 399 g/mol. The molecule has 1 aromatic heterocycles. The summed E-state index contributed by atoms with van der Waals surface area (Å²) in [6.07, 6.45) is 0.304. The van der Waals surface area contributed by atoms with E-state index in [0.29, 0.717) is 33.7 Å². The van der Waals surface area contributed by atoms with Gasteiger partial charge in [0.15, 0.2) is 0 Å². The summed E-state index contributed by atoms with van der Waals surface area (Å²) in [6, 6.07) is 3.27. The fourth-order valence-electron chi connectivity index (χ4n) is 2.52. The number of ether oxygens (including phenoxy) is 1. The van der Waals surface area contributed by atoms with E-state index in [4.69, 9.17) is 27.9 Å². The summed E-state index contributed by atoms with van der Waals surface area (Å²) < 4.78 is 7.57. The molecule has 0 spiro atoms. The summed E-state index contributed by atoms with van der Waals surface area (Å²) in [6.45, 7) is 3.80. The van der Waals surface area contributed by atoms with Gasteiger partial charge in [-0.15, -0.1) is 0 Å². The zero-order valence-corrected chi connectivity index (χ0v) is 16.1. The molecule has 0 radical (unpaired) electrons. The second kappa shape index (κ2) is 6.90. The summed E-state index contributed by atoms with van der Waals surface area (Å²) in [5.74, 6) is 0.680. The molecule has 25 heavy (non-hydrogen) atoms. The highest BCUT2D eigenvalue weighted by atomic mass is 35.5. The van der Waals surface area contributed by atoms with Gasteiger partial charge in [0, 0.05) is 17.6 Å². The average Bonchev–Trinajstić information content (AvgIpc) is 2.96. The van der Waals surface area contributed by atoms with Crippen molar-refractivity contribution in [1.29, 1.82) is 0 Å². The van der Waals surface area contributed by atoms with E-state index in [0.717, 1.165) is 23.0 Å². The number of aryl methyl sites for hydroxylation is 2. The Morgan fingerprint density at radius 3 is 2.56 bits per heavy atom. The number of imide groups is 1. The van der Waals surface area contributed by atoms with Gasteiger partial charge < -0.3 is 4.74 Å². The van der Waals surface area contributed by atoms with E-state index in [1.165, 1.54) is 0 Å². The van der Waals surface area contributed by atoms with Crippen molar-refractivity contribution in [2.24, 2.45) is 7.05 Å². The highest BCUT2D eigenvalue weighted by Gasteiger charge is 2.32. The van der Waals surface area contributed by atoms with Gasteiger partial charge in [-0.25, -0.2) is 4.68 Å². The maximum atomic E-state index is 11.8. The number of halogens is 2. The first kappa shape index (κ1) is 18.1.